The minimum atomic E-state index is -3.99. The van der Waals surface area contributed by atoms with Crippen molar-refractivity contribution in [2.45, 2.75) is 75.2 Å². The fourth-order valence-corrected chi connectivity index (χ4v) is 4.81. The number of benzene rings is 1. The Balaban J connectivity index is 1.57. The summed E-state index contributed by atoms with van der Waals surface area (Å²) in [5.74, 6) is -3.20. The summed E-state index contributed by atoms with van der Waals surface area (Å²) in [6, 6.07) is 6.43. The average Bonchev–Trinajstić information content (AvgIpc) is 3.05. The molecular formula is C19H26O8S. The molecule has 0 spiro atoms. The molecule has 0 radical (unpaired) electrons. The lowest BCUT2D eigenvalue weighted by Crippen LogP contribution is -2.60. The predicted octanol–water partition coefficient (Wildman–Crippen LogP) is 2.10. The van der Waals surface area contributed by atoms with Crippen LogP contribution in [0.3, 0.4) is 0 Å². The van der Waals surface area contributed by atoms with Gasteiger partial charge in [0.05, 0.1) is 11.5 Å². The summed E-state index contributed by atoms with van der Waals surface area (Å²) >= 11 is 0. The van der Waals surface area contributed by atoms with E-state index in [1.54, 1.807) is 26.0 Å². The van der Waals surface area contributed by atoms with Crippen LogP contribution in [0, 0.1) is 6.92 Å². The first-order chi connectivity index (χ1) is 12.9. The maximum atomic E-state index is 12.6. The lowest BCUT2D eigenvalue weighted by atomic mass is 9.98. The van der Waals surface area contributed by atoms with Crippen LogP contribution in [0.25, 0.3) is 0 Å². The Bertz CT molecular complexity index is 847. The number of aryl methyl sites for hydroxylation is 1. The normalized spacial score (nSPS) is 36.1. The van der Waals surface area contributed by atoms with E-state index in [1.807, 2.05) is 20.8 Å². The van der Waals surface area contributed by atoms with Crippen molar-refractivity contribution in [2.24, 2.45) is 0 Å². The molecule has 0 saturated carbocycles. The summed E-state index contributed by atoms with van der Waals surface area (Å²) in [7, 11) is -3.99. The van der Waals surface area contributed by atoms with E-state index in [9.17, 15) is 8.42 Å². The highest BCUT2D eigenvalue weighted by molar-refractivity contribution is 7.86. The van der Waals surface area contributed by atoms with Crippen molar-refractivity contribution in [1.82, 2.24) is 0 Å². The van der Waals surface area contributed by atoms with Crippen LogP contribution in [0.1, 0.15) is 33.3 Å². The second kappa shape index (κ2) is 6.46. The highest BCUT2D eigenvalue weighted by Gasteiger charge is 2.65. The van der Waals surface area contributed by atoms with Gasteiger partial charge in [0, 0.05) is 0 Å². The second-order valence-corrected chi connectivity index (χ2v) is 9.95. The third-order valence-electron chi connectivity index (χ3n) is 5.00. The summed E-state index contributed by atoms with van der Waals surface area (Å²) in [5.41, 5.74) is 0.953. The Morgan fingerprint density at radius 3 is 2.39 bits per heavy atom. The van der Waals surface area contributed by atoms with E-state index in [2.05, 4.69) is 0 Å². The summed E-state index contributed by atoms with van der Waals surface area (Å²) in [6.45, 7) is 8.80. The minimum absolute atomic E-state index is 0.0690. The lowest BCUT2D eigenvalue weighted by Gasteiger charge is -2.40. The molecule has 4 atom stereocenters. The molecule has 9 heteroatoms. The predicted molar refractivity (Wildman–Crippen MR) is 96.9 cm³/mol. The number of rotatable bonds is 4. The molecule has 0 bridgehead atoms. The zero-order chi connectivity index (χ0) is 20.4. The molecule has 4 rings (SSSR count). The van der Waals surface area contributed by atoms with Gasteiger partial charge in [-0.25, -0.2) is 0 Å². The third-order valence-corrected chi connectivity index (χ3v) is 6.28. The van der Waals surface area contributed by atoms with E-state index >= 15 is 0 Å². The molecule has 8 nitrogen and oxygen atoms in total. The van der Waals surface area contributed by atoms with Gasteiger partial charge in [0.15, 0.2) is 11.6 Å². The van der Waals surface area contributed by atoms with Gasteiger partial charge in [-0.3, -0.25) is 4.18 Å². The molecule has 156 valence electrons. The Hall–Kier alpha value is -1.07. The monoisotopic (exact) mass is 414 g/mol. The maximum Gasteiger partial charge on any atom is 0.297 e. The van der Waals surface area contributed by atoms with Gasteiger partial charge < -0.3 is 23.7 Å². The van der Waals surface area contributed by atoms with Crippen LogP contribution in [0.4, 0.5) is 0 Å². The van der Waals surface area contributed by atoms with Gasteiger partial charge >= 0.3 is 0 Å². The van der Waals surface area contributed by atoms with Crippen LogP contribution in [0.2, 0.25) is 0 Å². The van der Waals surface area contributed by atoms with Gasteiger partial charge in [-0.05, 0) is 46.8 Å². The van der Waals surface area contributed by atoms with Crippen LogP contribution in [0.5, 0.6) is 0 Å². The Morgan fingerprint density at radius 1 is 1.04 bits per heavy atom. The van der Waals surface area contributed by atoms with Crippen molar-refractivity contribution in [3.05, 3.63) is 29.8 Å². The maximum absolute atomic E-state index is 12.6. The summed E-state index contributed by atoms with van der Waals surface area (Å²) < 4.78 is 60.4. The summed E-state index contributed by atoms with van der Waals surface area (Å²) in [5, 5.41) is 0. The fourth-order valence-electron chi connectivity index (χ4n) is 3.88. The number of fused-ring (bicyclic) bond motifs is 3. The van der Waals surface area contributed by atoms with Crippen molar-refractivity contribution in [3.8, 4) is 0 Å². The van der Waals surface area contributed by atoms with Crippen molar-refractivity contribution < 1.29 is 36.3 Å². The highest BCUT2D eigenvalue weighted by Crippen LogP contribution is 2.47. The highest BCUT2D eigenvalue weighted by atomic mass is 32.2. The van der Waals surface area contributed by atoms with E-state index in [0.29, 0.717) is 0 Å². The van der Waals surface area contributed by atoms with E-state index in [4.69, 9.17) is 27.9 Å². The summed E-state index contributed by atoms with van der Waals surface area (Å²) in [6.07, 6.45) is -1.49. The van der Waals surface area contributed by atoms with Crippen molar-refractivity contribution in [1.29, 1.82) is 0 Å². The lowest BCUT2D eigenvalue weighted by molar-refractivity contribution is -0.290. The smallest absolute Gasteiger partial charge is 0.297 e. The van der Waals surface area contributed by atoms with Crippen molar-refractivity contribution in [2.75, 3.05) is 13.2 Å². The van der Waals surface area contributed by atoms with E-state index in [0.717, 1.165) is 5.56 Å². The standard InChI is InChI=1S/C19H26O8S/c1-12-6-8-13(9-7-12)28(20,21)23-11-19-16(26-18(4,5)27-19)15-14(10-22-19)24-17(2,3)25-15/h6-9,14-16H,10-11H2,1-5H3. The molecule has 3 aliphatic heterocycles. The van der Waals surface area contributed by atoms with E-state index in [1.165, 1.54) is 12.1 Å². The molecule has 3 heterocycles. The Morgan fingerprint density at radius 2 is 1.71 bits per heavy atom. The van der Waals surface area contributed by atoms with Crippen LogP contribution in [-0.4, -0.2) is 57.3 Å². The first-order valence-corrected chi connectivity index (χ1v) is 10.7. The van der Waals surface area contributed by atoms with Crippen molar-refractivity contribution in [3.63, 3.8) is 0 Å². The minimum Gasteiger partial charge on any atom is -0.343 e. The van der Waals surface area contributed by atoms with E-state index < -0.39 is 39.7 Å². The van der Waals surface area contributed by atoms with Crippen molar-refractivity contribution >= 4 is 10.1 Å². The first kappa shape index (κ1) is 20.2. The largest absolute Gasteiger partial charge is 0.343 e. The number of ether oxygens (including phenoxy) is 5. The zero-order valence-electron chi connectivity index (χ0n) is 16.6. The first-order valence-electron chi connectivity index (χ1n) is 9.25. The molecule has 1 aromatic carbocycles. The molecule has 0 aromatic heterocycles. The molecule has 0 aliphatic carbocycles. The van der Waals surface area contributed by atoms with Crippen LogP contribution >= 0.6 is 0 Å². The number of hydrogen-bond acceptors (Lipinski definition) is 8. The molecule has 0 amide bonds. The molecule has 0 N–H and O–H groups in total. The Kier molecular flexibility index (Phi) is 4.67. The molecule has 4 unspecified atom stereocenters. The molecule has 28 heavy (non-hydrogen) atoms. The quantitative estimate of drug-likeness (QED) is 0.692. The topological polar surface area (TPSA) is 89.5 Å². The fraction of sp³-hybridized carbons (Fsp3) is 0.684. The third kappa shape index (κ3) is 3.60. The van der Waals surface area contributed by atoms with E-state index in [-0.39, 0.29) is 24.2 Å². The summed E-state index contributed by atoms with van der Waals surface area (Å²) in [4.78, 5) is 0.0690. The number of hydrogen-bond donors (Lipinski definition) is 0. The Labute approximate surface area is 165 Å². The van der Waals surface area contributed by atoms with Gasteiger partial charge in [0.1, 0.15) is 24.9 Å². The SMILES string of the molecule is Cc1ccc(S(=O)(=O)OCC23OCC4OC(C)(C)OC4C2OC(C)(C)O3)cc1. The van der Waals surface area contributed by atoms with Crippen LogP contribution < -0.4 is 0 Å². The zero-order valence-corrected chi connectivity index (χ0v) is 17.4. The second-order valence-electron chi connectivity index (χ2n) is 8.33. The van der Waals surface area contributed by atoms with Gasteiger partial charge in [0.2, 0.25) is 5.79 Å². The van der Waals surface area contributed by atoms with Crippen LogP contribution in [-0.2, 0) is 38.0 Å². The van der Waals surface area contributed by atoms with Gasteiger partial charge in [-0.15, -0.1) is 0 Å². The van der Waals surface area contributed by atoms with Crippen LogP contribution in [0.15, 0.2) is 29.2 Å². The van der Waals surface area contributed by atoms with Gasteiger partial charge in [-0.2, -0.15) is 8.42 Å². The molecule has 3 fully saturated rings. The average molecular weight is 414 g/mol. The molecule has 3 saturated heterocycles. The van der Waals surface area contributed by atoms with Gasteiger partial charge in [0.25, 0.3) is 10.1 Å². The van der Waals surface area contributed by atoms with Gasteiger partial charge in [-0.1, -0.05) is 17.7 Å². The molecular weight excluding hydrogens is 388 g/mol. The molecule has 3 aliphatic rings. The molecule has 1 aromatic rings.